The van der Waals surface area contributed by atoms with Gasteiger partial charge in [0.15, 0.2) is 0 Å². The van der Waals surface area contributed by atoms with Crippen molar-refractivity contribution in [2.45, 2.75) is 6.92 Å². The van der Waals surface area contributed by atoms with Crippen molar-refractivity contribution in [3.05, 3.63) is 41.4 Å². The lowest BCUT2D eigenvalue weighted by molar-refractivity contribution is 0.415. The van der Waals surface area contributed by atoms with E-state index in [9.17, 15) is 0 Å². The molecule has 16 heavy (non-hydrogen) atoms. The van der Waals surface area contributed by atoms with Gasteiger partial charge in [-0.1, -0.05) is 23.7 Å². The van der Waals surface area contributed by atoms with E-state index in [2.05, 4.69) is 9.97 Å². The number of aromatic nitrogens is 2. The van der Waals surface area contributed by atoms with Crippen LogP contribution in [0.2, 0.25) is 5.15 Å². The standard InChI is InChI=1S/C12H11ClN2O/c1-8-14-7-11(12(13)15-8)9-3-5-10(16-2)6-4-9/h3-7H,1-2H3. The van der Waals surface area contributed by atoms with Gasteiger partial charge in [-0.2, -0.15) is 0 Å². The zero-order chi connectivity index (χ0) is 11.5. The van der Waals surface area contributed by atoms with Crippen LogP contribution in [0.1, 0.15) is 5.82 Å². The van der Waals surface area contributed by atoms with E-state index < -0.39 is 0 Å². The number of hydrogen-bond acceptors (Lipinski definition) is 3. The van der Waals surface area contributed by atoms with Crippen LogP contribution in [0, 0.1) is 6.92 Å². The second-order valence-electron chi connectivity index (χ2n) is 3.35. The van der Waals surface area contributed by atoms with Gasteiger partial charge >= 0.3 is 0 Å². The summed E-state index contributed by atoms with van der Waals surface area (Å²) >= 11 is 6.06. The van der Waals surface area contributed by atoms with Gasteiger partial charge in [0.2, 0.25) is 0 Å². The minimum Gasteiger partial charge on any atom is -0.497 e. The van der Waals surface area contributed by atoms with E-state index >= 15 is 0 Å². The first-order chi connectivity index (χ1) is 7.70. The molecule has 4 heteroatoms. The van der Waals surface area contributed by atoms with E-state index in [1.165, 1.54) is 0 Å². The topological polar surface area (TPSA) is 35.0 Å². The van der Waals surface area contributed by atoms with Crippen molar-refractivity contribution in [3.8, 4) is 16.9 Å². The van der Waals surface area contributed by atoms with Gasteiger partial charge in [0, 0.05) is 11.8 Å². The Morgan fingerprint density at radius 1 is 1.19 bits per heavy atom. The van der Waals surface area contributed by atoms with Gasteiger partial charge < -0.3 is 4.74 Å². The maximum Gasteiger partial charge on any atom is 0.140 e. The molecule has 0 atom stereocenters. The largest absolute Gasteiger partial charge is 0.497 e. The Kier molecular flexibility index (Phi) is 3.06. The SMILES string of the molecule is COc1ccc(-c2cnc(C)nc2Cl)cc1. The number of hydrogen-bond donors (Lipinski definition) is 0. The number of benzene rings is 1. The Morgan fingerprint density at radius 3 is 2.44 bits per heavy atom. The summed E-state index contributed by atoms with van der Waals surface area (Å²) in [5, 5.41) is 0.470. The molecule has 0 aliphatic rings. The molecule has 0 radical (unpaired) electrons. The molecule has 0 unspecified atom stereocenters. The number of nitrogens with zero attached hydrogens (tertiary/aromatic N) is 2. The van der Waals surface area contributed by atoms with Crippen LogP contribution in [0.4, 0.5) is 0 Å². The summed E-state index contributed by atoms with van der Waals surface area (Å²) in [6.45, 7) is 1.81. The van der Waals surface area contributed by atoms with Crippen molar-refractivity contribution < 1.29 is 4.74 Å². The predicted octanol–water partition coefficient (Wildman–Crippen LogP) is 3.11. The summed E-state index contributed by atoms with van der Waals surface area (Å²) in [4.78, 5) is 8.25. The van der Waals surface area contributed by atoms with Crippen LogP contribution in [0.3, 0.4) is 0 Å². The van der Waals surface area contributed by atoms with Crippen LogP contribution < -0.4 is 4.74 Å². The highest BCUT2D eigenvalue weighted by atomic mass is 35.5. The molecule has 3 nitrogen and oxygen atoms in total. The lowest BCUT2D eigenvalue weighted by Gasteiger charge is -2.05. The molecule has 1 heterocycles. The summed E-state index contributed by atoms with van der Waals surface area (Å²) in [6, 6.07) is 7.62. The van der Waals surface area contributed by atoms with Gasteiger partial charge in [0.05, 0.1) is 7.11 Å². The third kappa shape index (κ3) is 2.14. The maximum absolute atomic E-state index is 6.06. The number of ether oxygens (including phenoxy) is 1. The quantitative estimate of drug-likeness (QED) is 0.749. The molecule has 2 rings (SSSR count). The van der Waals surface area contributed by atoms with Crippen LogP contribution >= 0.6 is 11.6 Å². The molecule has 0 bridgehead atoms. The minimum atomic E-state index is 0.470. The smallest absolute Gasteiger partial charge is 0.140 e. The molecular formula is C12H11ClN2O. The van der Waals surface area contributed by atoms with Gasteiger partial charge in [-0.05, 0) is 24.6 Å². The lowest BCUT2D eigenvalue weighted by atomic mass is 10.1. The van der Waals surface area contributed by atoms with Crippen molar-refractivity contribution in [1.82, 2.24) is 9.97 Å². The first-order valence-electron chi connectivity index (χ1n) is 4.84. The summed E-state index contributed by atoms with van der Waals surface area (Å²) < 4.78 is 5.09. The maximum atomic E-state index is 6.06. The monoisotopic (exact) mass is 234 g/mol. The fraction of sp³-hybridized carbons (Fsp3) is 0.167. The molecule has 0 aliphatic heterocycles. The van der Waals surface area contributed by atoms with E-state index in [0.29, 0.717) is 11.0 Å². The molecule has 0 aliphatic carbocycles. The average molecular weight is 235 g/mol. The molecule has 0 amide bonds. The summed E-state index contributed by atoms with van der Waals surface area (Å²) in [5.74, 6) is 1.48. The molecule has 1 aromatic carbocycles. The van der Waals surface area contributed by atoms with Crippen molar-refractivity contribution in [1.29, 1.82) is 0 Å². The minimum absolute atomic E-state index is 0.470. The Hall–Kier alpha value is -1.61. The molecule has 0 N–H and O–H groups in total. The first kappa shape index (κ1) is 10.9. The van der Waals surface area contributed by atoms with Gasteiger partial charge in [-0.25, -0.2) is 9.97 Å². The lowest BCUT2D eigenvalue weighted by Crippen LogP contribution is -1.90. The molecule has 0 saturated heterocycles. The predicted molar refractivity (Wildman–Crippen MR) is 63.8 cm³/mol. The molecule has 82 valence electrons. The molecule has 0 fully saturated rings. The molecule has 0 saturated carbocycles. The zero-order valence-corrected chi connectivity index (χ0v) is 9.82. The third-order valence-corrected chi connectivity index (χ3v) is 2.55. The van der Waals surface area contributed by atoms with Crippen LogP contribution in [0.15, 0.2) is 30.5 Å². The van der Waals surface area contributed by atoms with Crippen molar-refractivity contribution in [3.63, 3.8) is 0 Å². The summed E-state index contributed by atoms with van der Waals surface area (Å²) in [6.07, 6.45) is 1.73. The average Bonchev–Trinajstić information content (AvgIpc) is 2.29. The van der Waals surface area contributed by atoms with Crippen LogP contribution in [0.5, 0.6) is 5.75 Å². The highest BCUT2D eigenvalue weighted by molar-refractivity contribution is 6.32. The van der Waals surface area contributed by atoms with Crippen molar-refractivity contribution in [2.24, 2.45) is 0 Å². The summed E-state index contributed by atoms with van der Waals surface area (Å²) in [5.41, 5.74) is 1.81. The van der Waals surface area contributed by atoms with Crippen LogP contribution in [0.25, 0.3) is 11.1 Å². The Labute approximate surface area is 99.1 Å². The third-order valence-electron chi connectivity index (χ3n) is 2.26. The van der Waals surface area contributed by atoms with Crippen molar-refractivity contribution >= 4 is 11.6 Å². The number of methoxy groups -OCH3 is 1. The van der Waals surface area contributed by atoms with Crippen LogP contribution in [-0.4, -0.2) is 17.1 Å². The zero-order valence-electron chi connectivity index (χ0n) is 9.07. The van der Waals surface area contributed by atoms with Gasteiger partial charge in [-0.3, -0.25) is 0 Å². The van der Waals surface area contributed by atoms with E-state index in [1.807, 2.05) is 31.2 Å². The fourth-order valence-corrected chi connectivity index (χ4v) is 1.69. The Morgan fingerprint density at radius 2 is 1.88 bits per heavy atom. The highest BCUT2D eigenvalue weighted by Crippen LogP contribution is 2.26. The second-order valence-corrected chi connectivity index (χ2v) is 3.71. The first-order valence-corrected chi connectivity index (χ1v) is 5.22. The van der Waals surface area contributed by atoms with Gasteiger partial charge in [0.25, 0.3) is 0 Å². The normalized spacial score (nSPS) is 10.2. The van der Waals surface area contributed by atoms with Crippen LogP contribution in [-0.2, 0) is 0 Å². The number of halogens is 1. The van der Waals surface area contributed by atoms with E-state index in [-0.39, 0.29) is 0 Å². The molecule has 0 spiro atoms. The number of rotatable bonds is 2. The van der Waals surface area contributed by atoms with E-state index in [0.717, 1.165) is 16.9 Å². The van der Waals surface area contributed by atoms with Gasteiger partial charge in [0.1, 0.15) is 16.7 Å². The fourth-order valence-electron chi connectivity index (χ4n) is 1.41. The second kappa shape index (κ2) is 4.49. The molecular weight excluding hydrogens is 224 g/mol. The van der Waals surface area contributed by atoms with Gasteiger partial charge in [-0.15, -0.1) is 0 Å². The van der Waals surface area contributed by atoms with Crippen molar-refractivity contribution in [2.75, 3.05) is 7.11 Å². The van der Waals surface area contributed by atoms with E-state index in [4.69, 9.17) is 16.3 Å². The number of aryl methyl sites for hydroxylation is 1. The molecule has 1 aromatic heterocycles. The Bertz CT molecular complexity index is 497. The highest BCUT2D eigenvalue weighted by Gasteiger charge is 2.05. The summed E-state index contributed by atoms with van der Waals surface area (Å²) in [7, 11) is 1.64. The molecule has 2 aromatic rings. The Balaban J connectivity index is 2.42. The van der Waals surface area contributed by atoms with E-state index in [1.54, 1.807) is 13.3 Å².